The van der Waals surface area contributed by atoms with E-state index in [1.54, 1.807) is 6.92 Å². The molecule has 64 valence electrons. The van der Waals surface area contributed by atoms with Gasteiger partial charge in [0.15, 0.2) is 0 Å². The van der Waals surface area contributed by atoms with E-state index in [2.05, 4.69) is 34.6 Å². The summed E-state index contributed by atoms with van der Waals surface area (Å²) >= 11 is 0. The molecule has 0 amide bonds. The van der Waals surface area contributed by atoms with Crippen molar-refractivity contribution < 1.29 is 4.79 Å². The molecule has 0 aromatic carbocycles. The van der Waals surface area contributed by atoms with E-state index in [0.717, 1.165) is 0 Å². The van der Waals surface area contributed by atoms with Crippen LogP contribution in [-0.2, 0) is 4.79 Å². The second kappa shape index (κ2) is 1.70. The van der Waals surface area contributed by atoms with Gasteiger partial charge in [-0.1, -0.05) is 34.6 Å². The topological polar surface area (TPSA) is 17.1 Å². The Morgan fingerprint density at radius 1 is 0.909 bits per heavy atom. The fourth-order valence-electron chi connectivity index (χ4n) is 2.47. The van der Waals surface area contributed by atoms with Gasteiger partial charge in [-0.15, -0.1) is 0 Å². The maximum atomic E-state index is 11.4. The maximum absolute atomic E-state index is 11.4. The van der Waals surface area contributed by atoms with Crippen LogP contribution in [0.5, 0.6) is 0 Å². The summed E-state index contributed by atoms with van der Waals surface area (Å²) in [6, 6.07) is 0. The summed E-state index contributed by atoms with van der Waals surface area (Å²) in [5.41, 5.74) is 0.248. The van der Waals surface area contributed by atoms with Gasteiger partial charge in [-0.05, 0) is 17.8 Å². The molecule has 1 aliphatic carbocycles. The van der Waals surface area contributed by atoms with Gasteiger partial charge in [0.05, 0.1) is 0 Å². The average molecular weight is 154 g/mol. The van der Waals surface area contributed by atoms with Gasteiger partial charge in [0.2, 0.25) is 0 Å². The quantitative estimate of drug-likeness (QED) is 0.567. The van der Waals surface area contributed by atoms with Crippen LogP contribution >= 0.6 is 0 Å². The minimum absolute atomic E-state index is 0.0972. The molecule has 1 saturated carbocycles. The molecular formula is C10H18O. The molecule has 11 heavy (non-hydrogen) atoms. The Labute approximate surface area is 69.2 Å². The van der Waals surface area contributed by atoms with Crippen molar-refractivity contribution in [1.82, 2.24) is 0 Å². The number of carbonyl (C=O) groups excluding carboxylic acids is 1. The van der Waals surface area contributed by atoms with Crippen LogP contribution in [0, 0.1) is 16.2 Å². The minimum Gasteiger partial charge on any atom is -0.299 e. The monoisotopic (exact) mass is 154 g/mol. The second-order valence-electron chi connectivity index (χ2n) is 4.93. The van der Waals surface area contributed by atoms with Gasteiger partial charge in [-0.25, -0.2) is 0 Å². The Kier molecular flexibility index (Phi) is 1.36. The molecule has 0 aromatic heterocycles. The molecule has 1 aliphatic rings. The number of hydrogen-bond donors (Lipinski definition) is 0. The van der Waals surface area contributed by atoms with Crippen molar-refractivity contribution in [1.29, 1.82) is 0 Å². The van der Waals surface area contributed by atoms with Crippen LogP contribution < -0.4 is 0 Å². The number of carbonyl (C=O) groups is 1. The zero-order valence-corrected chi connectivity index (χ0v) is 8.41. The summed E-state index contributed by atoms with van der Waals surface area (Å²) in [4.78, 5) is 11.4. The highest BCUT2D eigenvalue weighted by Gasteiger charge is 2.76. The third kappa shape index (κ3) is 0.605. The third-order valence-corrected chi connectivity index (χ3v) is 4.70. The molecule has 0 bridgehead atoms. The molecule has 1 heteroatoms. The predicted octanol–water partition coefficient (Wildman–Crippen LogP) is 2.65. The molecular weight excluding hydrogens is 136 g/mol. The smallest absolute Gasteiger partial charge is 0.136 e. The number of rotatable bonds is 1. The fourth-order valence-corrected chi connectivity index (χ4v) is 2.47. The van der Waals surface area contributed by atoms with Crippen molar-refractivity contribution in [2.75, 3.05) is 0 Å². The normalized spacial score (nSPS) is 29.6. The Morgan fingerprint density at radius 2 is 1.18 bits per heavy atom. The second-order valence-corrected chi connectivity index (χ2v) is 4.93. The van der Waals surface area contributed by atoms with Crippen LogP contribution in [0.4, 0.5) is 0 Å². The molecule has 1 nitrogen and oxygen atoms in total. The highest BCUT2D eigenvalue weighted by Crippen LogP contribution is 2.77. The van der Waals surface area contributed by atoms with Gasteiger partial charge < -0.3 is 0 Å². The highest BCUT2D eigenvalue weighted by atomic mass is 16.1. The summed E-state index contributed by atoms with van der Waals surface area (Å²) in [6.45, 7) is 12.5. The van der Waals surface area contributed by atoms with E-state index in [1.807, 2.05) is 0 Å². The van der Waals surface area contributed by atoms with E-state index in [4.69, 9.17) is 0 Å². The van der Waals surface area contributed by atoms with Crippen LogP contribution in [0.3, 0.4) is 0 Å². The molecule has 0 N–H and O–H groups in total. The molecule has 0 aromatic rings. The SMILES string of the molecule is CC(=O)C1(C)C(C)(C)C1(C)C. The Balaban J connectivity index is 3.06. The third-order valence-electron chi connectivity index (χ3n) is 4.70. The van der Waals surface area contributed by atoms with Crippen molar-refractivity contribution in [3.05, 3.63) is 0 Å². The van der Waals surface area contributed by atoms with Gasteiger partial charge in [-0.2, -0.15) is 0 Å². The van der Waals surface area contributed by atoms with Crippen LogP contribution in [0.15, 0.2) is 0 Å². The maximum Gasteiger partial charge on any atom is 0.136 e. The first kappa shape index (κ1) is 8.76. The number of ketones is 1. The zero-order chi connectivity index (χ0) is 9.08. The molecule has 0 radical (unpaired) electrons. The van der Waals surface area contributed by atoms with Gasteiger partial charge in [0.1, 0.15) is 5.78 Å². The summed E-state index contributed by atoms with van der Waals surface area (Å²) < 4.78 is 0. The summed E-state index contributed by atoms with van der Waals surface area (Å²) in [5, 5.41) is 0. The lowest BCUT2D eigenvalue weighted by molar-refractivity contribution is -0.123. The highest BCUT2D eigenvalue weighted by molar-refractivity contribution is 5.88. The van der Waals surface area contributed by atoms with E-state index in [0.29, 0.717) is 5.78 Å². The summed E-state index contributed by atoms with van der Waals surface area (Å²) in [6.07, 6.45) is 0. The zero-order valence-electron chi connectivity index (χ0n) is 8.41. The van der Waals surface area contributed by atoms with Crippen molar-refractivity contribution >= 4 is 5.78 Å². The van der Waals surface area contributed by atoms with Crippen LogP contribution in [0.25, 0.3) is 0 Å². The van der Waals surface area contributed by atoms with E-state index in [-0.39, 0.29) is 16.2 Å². The lowest BCUT2D eigenvalue weighted by Crippen LogP contribution is -2.15. The Morgan fingerprint density at radius 3 is 1.18 bits per heavy atom. The molecule has 0 spiro atoms. The molecule has 1 fully saturated rings. The standard InChI is InChI=1S/C10H18O/c1-7(11)10(6)8(2,3)9(10,4)5/h1-6H3. The molecule has 1 rings (SSSR count). The first-order chi connectivity index (χ1) is 4.69. The lowest BCUT2D eigenvalue weighted by Gasteiger charge is -2.09. The van der Waals surface area contributed by atoms with E-state index >= 15 is 0 Å². The van der Waals surface area contributed by atoms with Gasteiger partial charge in [0, 0.05) is 5.41 Å². The fraction of sp³-hybridized carbons (Fsp3) is 0.900. The molecule has 0 saturated heterocycles. The Bertz CT molecular complexity index is 197. The molecule has 0 aliphatic heterocycles. The van der Waals surface area contributed by atoms with E-state index in [1.165, 1.54) is 0 Å². The number of Topliss-reactive ketones (excluding diaryl/α,β-unsaturated/α-hetero) is 1. The van der Waals surface area contributed by atoms with Gasteiger partial charge in [-0.3, -0.25) is 4.79 Å². The number of hydrogen-bond acceptors (Lipinski definition) is 1. The van der Waals surface area contributed by atoms with Crippen LogP contribution in [-0.4, -0.2) is 5.78 Å². The Hall–Kier alpha value is -0.330. The molecule has 0 unspecified atom stereocenters. The largest absolute Gasteiger partial charge is 0.299 e. The first-order valence-electron chi connectivity index (χ1n) is 4.20. The first-order valence-corrected chi connectivity index (χ1v) is 4.20. The van der Waals surface area contributed by atoms with Crippen molar-refractivity contribution in [3.8, 4) is 0 Å². The predicted molar refractivity (Wildman–Crippen MR) is 46.4 cm³/mol. The van der Waals surface area contributed by atoms with Crippen molar-refractivity contribution in [2.24, 2.45) is 16.2 Å². The van der Waals surface area contributed by atoms with E-state index < -0.39 is 0 Å². The lowest BCUT2D eigenvalue weighted by atomic mass is 9.93. The van der Waals surface area contributed by atoms with E-state index in [9.17, 15) is 4.79 Å². The summed E-state index contributed by atoms with van der Waals surface area (Å²) in [7, 11) is 0. The van der Waals surface area contributed by atoms with Crippen molar-refractivity contribution in [2.45, 2.75) is 41.5 Å². The van der Waals surface area contributed by atoms with Gasteiger partial charge >= 0.3 is 0 Å². The van der Waals surface area contributed by atoms with Crippen LogP contribution in [0.2, 0.25) is 0 Å². The minimum atomic E-state index is -0.0972. The van der Waals surface area contributed by atoms with Crippen molar-refractivity contribution in [3.63, 3.8) is 0 Å². The molecule has 0 atom stereocenters. The average Bonchev–Trinajstić information content (AvgIpc) is 2.11. The summed E-state index contributed by atoms with van der Waals surface area (Å²) in [5.74, 6) is 0.326. The molecule has 0 heterocycles. The van der Waals surface area contributed by atoms with Gasteiger partial charge in [0.25, 0.3) is 0 Å². The van der Waals surface area contributed by atoms with Crippen LogP contribution in [0.1, 0.15) is 41.5 Å².